The molecule has 0 unspecified atom stereocenters. The topological polar surface area (TPSA) is 72.8 Å². The number of rotatable bonds is 9. The molecule has 1 aliphatic carbocycles. The number of Topliss-reactive ketones (excluding diaryl/α,β-unsaturated/α-hetero) is 1. The van der Waals surface area contributed by atoms with Crippen LogP contribution in [0.15, 0.2) is 60.5 Å². The first-order valence-corrected chi connectivity index (χ1v) is 10.8. The van der Waals surface area contributed by atoms with E-state index in [1.807, 2.05) is 29.6 Å². The summed E-state index contributed by atoms with van der Waals surface area (Å²) in [6, 6.07) is 13.5. The largest absolute Gasteiger partial charge is 0.496 e. The van der Waals surface area contributed by atoms with Gasteiger partial charge in [0.05, 0.1) is 19.3 Å². The molecule has 1 fully saturated rings. The minimum atomic E-state index is -1.04. The van der Waals surface area contributed by atoms with E-state index < -0.39 is 5.97 Å². The number of benzene rings is 2. The third-order valence-corrected chi connectivity index (χ3v) is 6.16. The van der Waals surface area contributed by atoms with E-state index in [1.165, 1.54) is 24.3 Å². The summed E-state index contributed by atoms with van der Waals surface area (Å²) in [7, 11) is 1.61. The van der Waals surface area contributed by atoms with Crippen LogP contribution in [-0.4, -0.2) is 30.6 Å². The van der Waals surface area contributed by atoms with Crippen molar-refractivity contribution in [3.8, 4) is 21.9 Å². The second-order valence-electron chi connectivity index (χ2n) is 7.47. The Morgan fingerprint density at radius 2 is 1.81 bits per heavy atom. The molecule has 1 aromatic heterocycles. The third kappa shape index (κ3) is 4.54. The van der Waals surface area contributed by atoms with Gasteiger partial charge >= 0.3 is 5.97 Å². The number of carboxylic acid groups (broad SMARTS) is 1. The Morgan fingerprint density at radius 1 is 1.10 bits per heavy atom. The molecule has 31 heavy (non-hydrogen) atoms. The summed E-state index contributed by atoms with van der Waals surface area (Å²) in [5.41, 5.74) is 2.25. The summed E-state index contributed by atoms with van der Waals surface area (Å²) in [5, 5.41) is 11.1. The van der Waals surface area contributed by atoms with Crippen LogP contribution in [-0.2, 0) is 0 Å². The first kappa shape index (κ1) is 20.9. The van der Waals surface area contributed by atoms with Crippen molar-refractivity contribution in [1.82, 2.24) is 0 Å². The number of ether oxygens (including phenoxy) is 2. The van der Waals surface area contributed by atoms with Gasteiger partial charge < -0.3 is 14.6 Å². The smallest absolute Gasteiger partial charge is 0.335 e. The van der Waals surface area contributed by atoms with Crippen LogP contribution in [0.4, 0.5) is 0 Å². The van der Waals surface area contributed by atoms with Gasteiger partial charge in [-0.1, -0.05) is 24.8 Å². The summed E-state index contributed by atoms with van der Waals surface area (Å²) in [5.74, 6) is 0.454. The van der Waals surface area contributed by atoms with E-state index in [4.69, 9.17) is 14.6 Å². The van der Waals surface area contributed by atoms with E-state index in [1.54, 1.807) is 18.4 Å². The predicted octanol–water partition coefficient (Wildman–Crippen LogP) is 5.81. The standard InChI is InChI=1S/C25H22O5S/c1-15(24(26)17-7-9-18(10-8-17)25(27)28)19-12-20(23-4-3-11-31-23)21(29-2)13-22(19)30-14-16-5-6-16/h3-4,7-13,16H,1,5-6,14H2,2H3,(H,27,28). The van der Waals surface area contributed by atoms with Crippen LogP contribution in [0.5, 0.6) is 11.5 Å². The molecule has 5 nitrogen and oxygen atoms in total. The fraction of sp³-hybridized carbons (Fsp3) is 0.200. The number of hydrogen-bond acceptors (Lipinski definition) is 5. The van der Waals surface area contributed by atoms with Crippen LogP contribution in [0.3, 0.4) is 0 Å². The van der Waals surface area contributed by atoms with Crippen LogP contribution in [0, 0.1) is 5.92 Å². The lowest BCUT2D eigenvalue weighted by Gasteiger charge is -2.17. The first-order chi connectivity index (χ1) is 15.0. The number of carboxylic acids is 1. The van der Waals surface area contributed by atoms with Gasteiger partial charge in [0.2, 0.25) is 0 Å². The van der Waals surface area contributed by atoms with Crippen molar-refractivity contribution in [3.63, 3.8) is 0 Å². The lowest BCUT2D eigenvalue weighted by Crippen LogP contribution is -2.07. The summed E-state index contributed by atoms with van der Waals surface area (Å²) in [6.45, 7) is 4.64. The second kappa shape index (κ2) is 8.78. The van der Waals surface area contributed by atoms with Crippen molar-refractivity contribution in [3.05, 3.63) is 77.2 Å². The summed E-state index contributed by atoms with van der Waals surface area (Å²) in [6.07, 6.45) is 2.30. The Kier molecular flexibility index (Phi) is 5.91. The summed E-state index contributed by atoms with van der Waals surface area (Å²) < 4.78 is 11.7. The predicted molar refractivity (Wildman–Crippen MR) is 121 cm³/mol. The Balaban J connectivity index is 1.72. The number of carbonyl (C=O) groups excluding carboxylic acids is 1. The van der Waals surface area contributed by atoms with E-state index in [0.29, 0.717) is 35.2 Å². The fourth-order valence-electron chi connectivity index (χ4n) is 3.26. The number of aromatic carboxylic acids is 1. The molecule has 1 heterocycles. The third-order valence-electron chi connectivity index (χ3n) is 5.25. The quantitative estimate of drug-likeness (QED) is 0.340. The van der Waals surface area contributed by atoms with Crippen LogP contribution < -0.4 is 9.47 Å². The first-order valence-electron chi connectivity index (χ1n) is 9.94. The molecule has 158 valence electrons. The maximum atomic E-state index is 13.2. The Bertz CT molecular complexity index is 1130. The number of hydrogen-bond donors (Lipinski definition) is 1. The lowest BCUT2D eigenvalue weighted by molar-refractivity contribution is 0.0696. The van der Waals surface area contributed by atoms with Gasteiger partial charge in [-0.25, -0.2) is 4.79 Å². The average Bonchev–Trinajstić information content (AvgIpc) is 3.47. The number of methoxy groups -OCH3 is 1. The molecule has 2 aromatic carbocycles. The molecule has 1 N–H and O–H groups in total. The van der Waals surface area contributed by atoms with Crippen molar-refractivity contribution >= 4 is 28.7 Å². The van der Waals surface area contributed by atoms with Gasteiger partial charge in [0.25, 0.3) is 0 Å². The molecule has 0 amide bonds. The minimum absolute atomic E-state index is 0.125. The highest BCUT2D eigenvalue weighted by atomic mass is 32.1. The highest BCUT2D eigenvalue weighted by Gasteiger charge is 2.25. The van der Waals surface area contributed by atoms with Gasteiger partial charge in [-0.2, -0.15) is 0 Å². The number of carbonyl (C=O) groups is 2. The lowest BCUT2D eigenvalue weighted by atomic mass is 9.94. The molecule has 1 saturated carbocycles. The van der Waals surface area contributed by atoms with E-state index in [0.717, 1.165) is 23.3 Å². The molecule has 1 aliphatic rings. The second-order valence-corrected chi connectivity index (χ2v) is 8.42. The van der Waals surface area contributed by atoms with Gasteiger partial charge in [-0.05, 0) is 48.4 Å². The SMILES string of the molecule is C=C(C(=O)c1ccc(C(=O)O)cc1)c1cc(-c2cccs2)c(OC)cc1OCC1CC1. The van der Waals surface area contributed by atoms with E-state index in [2.05, 4.69) is 6.58 Å². The fourth-order valence-corrected chi connectivity index (χ4v) is 4.01. The highest BCUT2D eigenvalue weighted by Crippen LogP contribution is 2.41. The van der Waals surface area contributed by atoms with Crippen molar-refractivity contribution in [1.29, 1.82) is 0 Å². The van der Waals surface area contributed by atoms with Crippen molar-refractivity contribution in [2.75, 3.05) is 13.7 Å². The van der Waals surface area contributed by atoms with Gasteiger partial charge in [0.15, 0.2) is 5.78 Å². The molecule has 0 aliphatic heterocycles. The molecule has 0 bridgehead atoms. The molecule has 3 aromatic rings. The molecule has 4 rings (SSSR count). The maximum absolute atomic E-state index is 13.2. The van der Waals surface area contributed by atoms with Crippen LogP contribution in [0.2, 0.25) is 0 Å². The molecule has 0 atom stereocenters. The van der Waals surface area contributed by atoms with E-state index in [-0.39, 0.29) is 16.9 Å². The highest BCUT2D eigenvalue weighted by molar-refractivity contribution is 7.13. The van der Waals surface area contributed by atoms with E-state index >= 15 is 0 Å². The molecule has 0 spiro atoms. The molecular formula is C25H22O5S. The molecule has 6 heteroatoms. The zero-order valence-electron chi connectivity index (χ0n) is 17.1. The molecule has 0 saturated heterocycles. The van der Waals surface area contributed by atoms with Gasteiger partial charge in [-0.15, -0.1) is 11.3 Å². The van der Waals surface area contributed by atoms with Gasteiger partial charge in [0, 0.05) is 33.2 Å². The maximum Gasteiger partial charge on any atom is 0.335 e. The van der Waals surface area contributed by atoms with Crippen LogP contribution >= 0.6 is 11.3 Å². The summed E-state index contributed by atoms with van der Waals surface area (Å²) in [4.78, 5) is 25.3. The van der Waals surface area contributed by atoms with E-state index in [9.17, 15) is 9.59 Å². The minimum Gasteiger partial charge on any atom is -0.496 e. The Labute approximate surface area is 184 Å². The Morgan fingerprint density at radius 3 is 2.39 bits per heavy atom. The van der Waals surface area contributed by atoms with Crippen LogP contribution in [0.1, 0.15) is 39.1 Å². The number of allylic oxidation sites excluding steroid dienone is 1. The normalized spacial score (nSPS) is 12.9. The Hall–Kier alpha value is -3.38. The zero-order chi connectivity index (χ0) is 22.0. The van der Waals surface area contributed by atoms with Crippen LogP contribution in [0.25, 0.3) is 16.0 Å². The monoisotopic (exact) mass is 434 g/mol. The zero-order valence-corrected chi connectivity index (χ0v) is 17.9. The van der Waals surface area contributed by atoms with Gasteiger partial charge in [-0.3, -0.25) is 4.79 Å². The van der Waals surface area contributed by atoms with Crippen molar-refractivity contribution < 1.29 is 24.2 Å². The number of thiophene rings is 1. The van der Waals surface area contributed by atoms with Gasteiger partial charge in [0.1, 0.15) is 11.5 Å². The average molecular weight is 435 g/mol. The van der Waals surface area contributed by atoms with Crippen molar-refractivity contribution in [2.24, 2.45) is 5.92 Å². The number of ketones is 1. The molecule has 0 radical (unpaired) electrons. The molecular weight excluding hydrogens is 412 g/mol. The summed E-state index contributed by atoms with van der Waals surface area (Å²) >= 11 is 1.58. The van der Waals surface area contributed by atoms with Crippen molar-refractivity contribution in [2.45, 2.75) is 12.8 Å².